The van der Waals surface area contributed by atoms with E-state index in [1.54, 1.807) is 0 Å². The Morgan fingerprint density at radius 1 is 1.07 bits per heavy atom. The van der Waals surface area contributed by atoms with Crippen LogP contribution in [-0.2, 0) is 9.59 Å². The molecule has 0 rings (SSSR count). The van der Waals surface area contributed by atoms with Crippen LogP contribution in [0.3, 0.4) is 0 Å². The Morgan fingerprint density at radius 2 is 1.40 bits per heavy atom. The van der Waals surface area contributed by atoms with Gasteiger partial charge in [-0.1, -0.05) is 46.5 Å². The van der Waals surface area contributed by atoms with Crippen LogP contribution >= 0.6 is 0 Å². The molecular formula is C11H24O4. The Morgan fingerprint density at radius 3 is 1.47 bits per heavy atom. The second kappa shape index (κ2) is 23.1. The molecule has 0 aromatic rings. The van der Waals surface area contributed by atoms with Crippen molar-refractivity contribution in [1.29, 1.82) is 0 Å². The summed E-state index contributed by atoms with van der Waals surface area (Å²) < 4.78 is 0. The lowest BCUT2D eigenvalue weighted by molar-refractivity contribution is -0.137. The molecule has 0 atom stereocenters. The maximum absolute atomic E-state index is 9.60. The average molecular weight is 220 g/mol. The van der Waals surface area contributed by atoms with E-state index < -0.39 is 5.97 Å². The summed E-state index contributed by atoms with van der Waals surface area (Å²) in [6.45, 7) is 6.06. The molecule has 0 aromatic carbocycles. The first kappa shape index (κ1) is 19.5. The molecule has 0 spiro atoms. The minimum Gasteiger partial charge on any atom is -0.483 e. The van der Waals surface area contributed by atoms with Gasteiger partial charge in [0.25, 0.3) is 6.47 Å². The number of hydrogen-bond donors (Lipinski definition) is 2. The minimum atomic E-state index is -0.711. The van der Waals surface area contributed by atoms with E-state index in [1.165, 1.54) is 25.7 Å². The van der Waals surface area contributed by atoms with Gasteiger partial charge in [-0.05, 0) is 6.42 Å². The van der Waals surface area contributed by atoms with Crippen LogP contribution in [0, 0.1) is 0 Å². The molecule has 0 aliphatic heterocycles. The van der Waals surface area contributed by atoms with E-state index in [2.05, 4.69) is 13.8 Å². The van der Waals surface area contributed by atoms with Crippen LogP contribution < -0.4 is 0 Å². The van der Waals surface area contributed by atoms with Crippen molar-refractivity contribution < 1.29 is 19.8 Å². The molecule has 0 radical (unpaired) electrons. The Hall–Kier alpha value is -1.06. The lowest BCUT2D eigenvalue weighted by Crippen LogP contribution is -1.90. The summed E-state index contributed by atoms with van der Waals surface area (Å²) >= 11 is 0. The zero-order valence-electron chi connectivity index (χ0n) is 10.0. The van der Waals surface area contributed by atoms with Gasteiger partial charge in [0.15, 0.2) is 0 Å². The largest absolute Gasteiger partial charge is 0.483 e. The van der Waals surface area contributed by atoms with Crippen molar-refractivity contribution in [2.75, 3.05) is 0 Å². The number of rotatable bonds is 5. The van der Waals surface area contributed by atoms with E-state index in [0.717, 1.165) is 6.42 Å². The van der Waals surface area contributed by atoms with Crippen molar-refractivity contribution >= 4 is 12.4 Å². The van der Waals surface area contributed by atoms with Crippen LogP contribution in [0.15, 0.2) is 0 Å². The Labute approximate surface area is 92.3 Å². The second-order valence-electron chi connectivity index (χ2n) is 2.96. The van der Waals surface area contributed by atoms with Gasteiger partial charge in [-0.2, -0.15) is 0 Å². The normalized spacial score (nSPS) is 7.67. The molecule has 0 aliphatic carbocycles. The SMILES string of the molecule is CCCC(=O)O.CCCCCC.O=CO. The third-order valence-corrected chi connectivity index (χ3v) is 1.42. The number of unbranched alkanes of at least 4 members (excludes halogenated alkanes) is 3. The van der Waals surface area contributed by atoms with Crippen LogP contribution in [0.5, 0.6) is 0 Å². The first-order chi connectivity index (χ1) is 7.10. The van der Waals surface area contributed by atoms with Crippen molar-refractivity contribution in [3.63, 3.8) is 0 Å². The quantitative estimate of drug-likeness (QED) is 0.551. The van der Waals surface area contributed by atoms with E-state index in [4.69, 9.17) is 15.0 Å². The average Bonchev–Trinajstić information content (AvgIpc) is 2.16. The van der Waals surface area contributed by atoms with E-state index >= 15 is 0 Å². The number of aliphatic carboxylic acids is 1. The lowest BCUT2D eigenvalue weighted by atomic mass is 10.2. The Balaban J connectivity index is -0.000000153. The van der Waals surface area contributed by atoms with Gasteiger partial charge < -0.3 is 10.2 Å². The Bertz CT molecular complexity index is 120. The van der Waals surface area contributed by atoms with Crippen molar-refractivity contribution in [3.05, 3.63) is 0 Å². The molecule has 15 heavy (non-hydrogen) atoms. The minimum absolute atomic E-state index is 0.250. The molecule has 92 valence electrons. The third kappa shape index (κ3) is 63.5. The van der Waals surface area contributed by atoms with Crippen LogP contribution in [0.1, 0.15) is 59.3 Å². The fourth-order valence-electron chi connectivity index (χ4n) is 0.714. The molecule has 0 amide bonds. The molecule has 0 saturated heterocycles. The smallest absolute Gasteiger partial charge is 0.303 e. The van der Waals surface area contributed by atoms with Crippen LogP contribution in [0.4, 0.5) is 0 Å². The number of carboxylic acid groups (broad SMARTS) is 2. The van der Waals surface area contributed by atoms with Crippen molar-refractivity contribution in [3.8, 4) is 0 Å². The first-order valence-electron chi connectivity index (χ1n) is 5.40. The predicted molar refractivity (Wildman–Crippen MR) is 61.1 cm³/mol. The fraction of sp³-hybridized carbons (Fsp3) is 0.818. The predicted octanol–water partition coefficient (Wildman–Crippen LogP) is 3.16. The van der Waals surface area contributed by atoms with Gasteiger partial charge in [-0.3, -0.25) is 9.59 Å². The van der Waals surface area contributed by atoms with Crippen molar-refractivity contribution in [2.24, 2.45) is 0 Å². The van der Waals surface area contributed by atoms with Gasteiger partial charge in [-0.15, -0.1) is 0 Å². The third-order valence-electron chi connectivity index (χ3n) is 1.42. The van der Waals surface area contributed by atoms with Crippen LogP contribution in [0.25, 0.3) is 0 Å². The molecule has 0 heterocycles. The van der Waals surface area contributed by atoms with E-state index in [9.17, 15) is 4.79 Å². The molecule has 0 fully saturated rings. The number of carbonyl (C=O) groups is 2. The summed E-state index contributed by atoms with van der Waals surface area (Å²) in [4.78, 5) is 18.0. The Kier molecular flexibility index (Phi) is 30.0. The summed E-state index contributed by atoms with van der Waals surface area (Å²) in [5.74, 6) is -0.711. The summed E-state index contributed by atoms with van der Waals surface area (Å²) in [5.41, 5.74) is 0. The molecule has 4 heteroatoms. The molecular weight excluding hydrogens is 196 g/mol. The molecule has 2 N–H and O–H groups in total. The van der Waals surface area contributed by atoms with E-state index in [0.29, 0.717) is 6.42 Å². The second-order valence-corrected chi connectivity index (χ2v) is 2.96. The van der Waals surface area contributed by atoms with Crippen LogP contribution in [0.2, 0.25) is 0 Å². The molecule has 0 unspecified atom stereocenters. The highest BCUT2D eigenvalue weighted by molar-refractivity contribution is 5.66. The fourth-order valence-corrected chi connectivity index (χ4v) is 0.714. The van der Waals surface area contributed by atoms with Gasteiger partial charge >= 0.3 is 5.97 Å². The van der Waals surface area contributed by atoms with E-state index in [1.807, 2.05) is 6.92 Å². The topological polar surface area (TPSA) is 74.6 Å². The van der Waals surface area contributed by atoms with Gasteiger partial charge in [-0.25, -0.2) is 0 Å². The summed E-state index contributed by atoms with van der Waals surface area (Å²) in [5, 5.41) is 14.8. The van der Waals surface area contributed by atoms with Gasteiger partial charge in [0.2, 0.25) is 0 Å². The first-order valence-corrected chi connectivity index (χ1v) is 5.40. The summed E-state index contributed by atoms with van der Waals surface area (Å²) in [6, 6.07) is 0. The van der Waals surface area contributed by atoms with Gasteiger partial charge in [0, 0.05) is 6.42 Å². The molecule has 0 aliphatic rings. The van der Waals surface area contributed by atoms with Crippen LogP contribution in [-0.4, -0.2) is 22.7 Å². The standard InChI is InChI=1S/C6H14.C4H8O2.CH2O2/c1-3-5-6-4-2;1-2-3-4(5)6;2-1-3/h3-6H2,1-2H3;2-3H2,1H3,(H,5,6);1H,(H,2,3). The van der Waals surface area contributed by atoms with Gasteiger partial charge in [0.1, 0.15) is 0 Å². The zero-order valence-corrected chi connectivity index (χ0v) is 10.0. The maximum atomic E-state index is 9.60. The zero-order chi connectivity index (χ0) is 12.5. The monoisotopic (exact) mass is 220 g/mol. The summed E-state index contributed by atoms with van der Waals surface area (Å²) in [6.07, 6.45) is 6.56. The molecule has 4 nitrogen and oxygen atoms in total. The lowest BCUT2D eigenvalue weighted by Gasteiger charge is -1.86. The van der Waals surface area contributed by atoms with E-state index in [-0.39, 0.29) is 6.47 Å². The van der Waals surface area contributed by atoms with Crippen molar-refractivity contribution in [1.82, 2.24) is 0 Å². The highest BCUT2D eigenvalue weighted by Gasteiger charge is 1.87. The van der Waals surface area contributed by atoms with Crippen molar-refractivity contribution in [2.45, 2.75) is 59.3 Å². The highest BCUT2D eigenvalue weighted by atomic mass is 16.4. The number of hydrogen-bond acceptors (Lipinski definition) is 2. The van der Waals surface area contributed by atoms with Gasteiger partial charge in [0.05, 0.1) is 0 Å². The summed E-state index contributed by atoms with van der Waals surface area (Å²) in [7, 11) is 0. The highest BCUT2D eigenvalue weighted by Crippen LogP contribution is 1.95. The number of carboxylic acids is 1. The maximum Gasteiger partial charge on any atom is 0.303 e. The molecule has 0 saturated carbocycles. The molecule has 0 aromatic heterocycles. The molecule has 0 bridgehead atoms.